The minimum Gasteiger partial charge on any atom is -0.505 e. The SMILES string of the molecule is CC/C(=C\C=C(/CC)S(=O)O)CN1N=C(C(=O)O)C(N=Nc2ccc3c(O)c(N)c(SONc4cc(OCCO)c(N)cc4OCCO)cc3c2S(=O)(=O)N=O)C1=O. The van der Waals surface area contributed by atoms with Crippen LogP contribution in [-0.2, 0) is 35.0 Å². The van der Waals surface area contributed by atoms with Gasteiger partial charge in [-0.1, -0.05) is 19.9 Å². The van der Waals surface area contributed by atoms with Crippen molar-refractivity contribution in [3.8, 4) is 17.2 Å². The van der Waals surface area contributed by atoms with Gasteiger partial charge in [-0.3, -0.25) is 4.79 Å². The lowest BCUT2D eigenvalue weighted by Crippen LogP contribution is -2.33. The molecule has 1 aliphatic rings. The van der Waals surface area contributed by atoms with Gasteiger partial charge in [0.1, 0.15) is 46.7 Å². The van der Waals surface area contributed by atoms with E-state index in [0.29, 0.717) is 24.0 Å². The number of allylic oxidation sites excluding steroid dienone is 3. The van der Waals surface area contributed by atoms with Crippen LogP contribution in [0.15, 0.2) is 82.7 Å². The molecular formula is C33H38N8O14S3. The molecule has 58 heavy (non-hydrogen) atoms. The number of benzene rings is 3. The first kappa shape index (κ1) is 45.0. The monoisotopic (exact) mass is 866 g/mol. The second kappa shape index (κ2) is 20.1. The number of anilines is 3. The number of aliphatic carboxylic acids is 1. The lowest BCUT2D eigenvalue weighted by atomic mass is 10.1. The van der Waals surface area contributed by atoms with Crippen LogP contribution >= 0.6 is 12.0 Å². The van der Waals surface area contributed by atoms with Gasteiger partial charge < -0.3 is 45.9 Å². The number of azo groups is 1. The fraction of sp³-hybridized carbons (Fsp3) is 0.303. The second-order valence-corrected chi connectivity index (χ2v) is 15.0. The number of aliphatic hydroxyl groups is 2. The molecule has 10 N–H and O–H groups in total. The number of nitrogens with two attached hydrogens (primary N) is 2. The molecular weight excluding hydrogens is 829 g/mol. The van der Waals surface area contributed by atoms with Gasteiger partial charge in [-0.2, -0.15) is 28.0 Å². The number of nitroso groups, excluding NO2 is 1. The normalized spacial score (nSPS) is 15.5. The number of nitrogens with zero attached hydrogens (tertiary/aromatic N) is 5. The van der Waals surface area contributed by atoms with Crippen molar-refractivity contribution in [3.05, 3.63) is 57.9 Å². The second-order valence-electron chi connectivity index (χ2n) is 11.7. The van der Waals surface area contributed by atoms with E-state index < -0.39 is 61.1 Å². The van der Waals surface area contributed by atoms with E-state index in [2.05, 4.69) is 25.4 Å². The fourth-order valence-electron chi connectivity index (χ4n) is 5.16. The van der Waals surface area contributed by atoms with Crippen LogP contribution < -0.4 is 26.4 Å². The zero-order valence-corrected chi connectivity index (χ0v) is 33.0. The van der Waals surface area contributed by atoms with Gasteiger partial charge in [0.25, 0.3) is 5.91 Å². The molecule has 1 heterocycles. The molecule has 0 fully saturated rings. The van der Waals surface area contributed by atoms with Crippen LogP contribution in [0.3, 0.4) is 0 Å². The number of aliphatic hydroxyl groups excluding tert-OH is 2. The topological polar surface area (TPSA) is 348 Å². The number of carboxylic acid groups (broad SMARTS) is 1. The molecule has 2 atom stereocenters. The predicted molar refractivity (Wildman–Crippen MR) is 212 cm³/mol. The van der Waals surface area contributed by atoms with Gasteiger partial charge in [0.2, 0.25) is 6.04 Å². The Morgan fingerprint density at radius 1 is 1.07 bits per heavy atom. The highest BCUT2D eigenvalue weighted by Gasteiger charge is 2.40. The van der Waals surface area contributed by atoms with Crippen molar-refractivity contribution in [2.45, 2.75) is 42.5 Å². The number of carboxylic acids is 1. The molecule has 1 aliphatic heterocycles. The quantitative estimate of drug-likeness (QED) is 0.0111. The van der Waals surface area contributed by atoms with Crippen molar-refractivity contribution >= 4 is 84.3 Å². The molecule has 3 aromatic rings. The molecule has 22 nitrogen and oxygen atoms in total. The van der Waals surface area contributed by atoms with Gasteiger partial charge in [0.05, 0.1) is 52.7 Å². The number of hydrazone groups is 1. The maximum absolute atomic E-state index is 13.4. The average Bonchev–Trinajstić information content (AvgIpc) is 3.51. The Labute approximate surface area is 336 Å². The number of fused-ring (bicyclic) bond motifs is 1. The first-order chi connectivity index (χ1) is 27.6. The molecule has 0 bridgehead atoms. The number of ether oxygens (including phenoxy) is 2. The highest BCUT2D eigenvalue weighted by molar-refractivity contribution is 7.95. The summed E-state index contributed by atoms with van der Waals surface area (Å²) in [5.41, 5.74) is 13.9. The Balaban J connectivity index is 1.71. The van der Waals surface area contributed by atoms with Crippen LogP contribution in [-0.4, -0.2) is 99.2 Å². The number of sulfonamides is 1. The van der Waals surface area contributed by atoms with Crippen LogP contribution in [0, 0.1) is 4.91 Å². The molecule has 0 radical (unpaired) electrons. The largest absolute Gasteiger partial charge is 0.505 e. The number of phenols is 1. The molecule has 0 saturated carbocycles. The Morgan fingerprint density at radius 2 is 1.76 bits per heavy atom. The molecule has 0 saturated heterocycles. The maximum Gasteiger partial charge on any atom is 0.355 e. The van der Waals surface area contributed by atoms with Crippen LogP contribution in [0.4, 0.5) is 22.7 Å². The number of aromatic hydroxyl groups is 1. The number of hydrogen-bond acceptors (Lipinski definition) is 19. The number of hydrogen-bond donors (Lipinski definition) is 8. The summed E-state index contributed by atoms with van der Waals surface area (Å²) in [6, 6.07) is 4.21. The summed E-state index contributed by atoms with van der Waals surface area (Å²) in [6.45, 7) is 2.31. The Kier molecular flexibility index (Phi) is 15.6. The Bertz CT molecular complexity index is 2340. The third kappa shape index (κ3) is 10.4. The molecule has 25 heteroatoms. The molecule has 0 spiro atoms. The zero-order chi connectivity index (χ0) is 42.7. The molecule has 1 amide bonds. The van der Waals surface area contributed by atoms with E-state index in [-0.39, 0.29) is 88.5 Å². The zero-order valence-electron chi connectivity index (χ0n) is 30.6. The third-order valence-corrected chi connectivity index (χ3v) is 10.7. The van der Waals surface area contributed by atoms with E-state index in [1.807, 2.05) is 0 Å². The Hall–Kier alpha value is -5.70. The standard InChI is InChI=1S/C33H38N8O14S3/c1-3-17(5-6-18(4-2)57(49)50)16-41-32(45)28(29(38-41)33(46)47)37-36-22-8-7-19-20(31(22)58(51,52)40-48)13-26(27(35)30(19)44)56-55-39-23-15-24(53-11-9-42)21(34)14-25(23)54-12-10-43/h5-8,13-15,28,39,42-44H,3-4,9-12,16,34-35H2,1-2H3,(H,46,47)(H,49,50)/b17-5+,18-6+,37-36?. The average molecular weight is 867 g/mol. The summed E-state index contributed by atoms with van der Waals surface area (Å²) in [5.74, 6) is -2.98. The fourth-order valence-corrected chi connectivity index (χ4v) is 7.06. The van der Waals surface area contributed by atoms with E-state index in [0.717, 1.165) is 17.1 Å². The lowest BCUT2D eigenvalue weighted by molar-refractivity contribution is -0.131. The molecule has 312 valence electrons. The van der Waals surface area contributed by atoms with Crippen molar-refractivity contribution in [2.24, 2.45) is 19.9 Å². The summed E-state index contributed by atoms with van der Waals surface area (Å²) in [5, 5.41) is 51.1. The van der Waals surface area contributed by atoms with Crippen LogP contribution in [0.5, 0.6) is 17.2 Å². The van der Waals surface area contributed by atoms with Gasteiger partial charge in [0.15, 0.2) is 16.8 Å². The molecule has 0 aliphatic carbocycles. The van der Waals surface area contributed by atoms with Crippen molar-refractivity contribution in [1.82, 2.24) is 5.01 Å². The van der Waals surface area contributed by atoms with Gasteiger partial charge in [-0.15, -0.1) is 4.91 Å². The van der Waals surface area contributed by atoms with E-state index in [1.54, 1.807) is 13.8 Å². The molecule has 3 aromatic carbocycles. The van der Waals surface area contributed by atoms with E-state index in [1.165, 1.54) is 30.4 Å². The number of rotatable bonds is 21. The minimum absolute atomic E-state index is 0.0945. The minimum atomic E-state index is -5.11. The summed E-state index contributed by atoms with van der Waals surface area (Å²) in [4.78, 5) is 36.4. The number of nitrogen functional groups attached to an aromatic ring is 2. The number of nitrogens with one attached hydrogen (secondary N) is 1. The van der Waals surface area contributed by atoms with Crippen molar-refractivity contribution in [1.29, 1.82) is 0 Å². The summed E-state index contributed by atoms with van der Waals surface area (Å²) < 4.78 is 65.9. The summed E-state index contributed by atoms with van der Waals surface area (Å²) in [7, 11) is -5.11. The van der Waals surface area contributed by atoms with Gasteiger partial charge in [-0.25, -0.2) is 19.5 Å². The number of carbonyl (C=O) groups excluding carboxylic acids is 1. The predicted octanol–water partition coefficient (Wildman–Crippen LogP) is 3.55. The Morgan fingerprint density at radius 3 is 2.36 bits per heavy atom. The van der Waals surface area contributed by atoms with Crippen LogP contribution in [0.1, 0.15) is 26.7 Å². The first-order valence-electron chi connectivity index (χ1n) is 16.8. The van der Waals surface area contributed by atoms with Crippen molar-refractivity contribution in [2.75, 3.05) is 49.9 Å². The first-order valence-corrected chi connectivity index (χ1v) is 20.1. The number of carbonyl (C=O) groups is 2. The van der Waals surface area contributed by atoms with Crippen LogP contribution in [0.2, 0.25) is 0 Å². The molecule has 2 unspecified atom stereocenters. The van der Waals surface area contributed by atoms with Gasteiger partial charge >= 0.3 is 16.0 Å². The summed E-state index contributed by atoms with van der Waals surface area (Å²) in [6.07, 6.45) is 3.53. The van der Waals surface area contributed by atoms with Crippen molar-refractivity contribution < 1.29 is 61.0 Å². The van der Waals surface area contributed by atoms with Gasteiger partial charge in [0, 0.05) is 27.8 Å². The lowest BCUT2D eigenvalue weighted by Gasteiger charge is -2.17. The van der Waals surface area contributed by atoms with E-state index in [4.69, 9.17) is 30.3 Å². The van der Waals surface area contributed by atoms with E-state index >= 15 is 0 Å². The van der Waals surface area contributed by atoms with Crippen LogP contribution in [0.25, 0.3) is 10.8 Å². The highest BCUT2D eigenvalue weighted by Crippen LogP contribution is 2.45. The molecule has 4 rings (SSSR count). The highest BCUT2D eigenvalue weighted by atomic mass is 32.2. The summed E-state index contributed by atoms with van der Waals surface area (Å²) >= 11 is -1.75. The maximum atomic E-state index is 13.4. The van der Waals surface area contributed by atoms with E-state index in [9.17, 15) is 47.0 Å². The van der Waals surface area contributed by atoms with Gasteiger partial charge in [-0.05, 0) is 42.7 Å². The number of amides is 1. The van der Waals surface area contributed by atoms with Crippen molar-refractivity contribution in [3.63, 3.8) is 0 Å². The third-order valence-electron chi connectivity index (χ3n) is 8.04. The smallest absolute Gasteiger partial charge is 0.355 e. The molecule has 0 aromatic heterocycles. The number of phenolic OH excluding ortho intramolecular Hbond substituents is 1.